The maximum atomic E-state index is 13.5. The average molecular weight is 403 g/mol. The van der Waals surface area contributed by atoms with Crippen molar-refractivity contribution in [2.75, 3.05) is 19.0 Å². The van der Waals surface area contributed by atoms with Crippen LogP contribution in [-0.2, 0) is 4.79 Å². The molecule has 1 N–H and O–H groups in total. The fraction of sp³-hybridized carbons (Fsp3) is 0.263. The minimum Gasteiger partial charge on any atom is -0.494 e. The first kappa shape index (κ1) is 20.2. The largest absolute Gasteiger partial charge is 0.494 e. The Labute approximate surface area is 165 Å². The Balaban J connectivity index is 1.56. The first-order valence-electron chi connectivity index (χ1n) is 8.79. The van der Waals surface area contributed by atoms with Crippen LogP contribution in [0.2, 0.25) is 0 Å². The van der Waals surface area contributed by atoms with Crippen molar-refractivity contribution in [3.8, 4) is 17.2 Å². The van der Waals surface area contributed by atoms with Gasteiger partial charge in [0, 0.05) is 18.2 Å². The van der Waals surface area contributed by atoms with Crippen molar-refractivity contribution in [3.63, 3.8) is 0 Å². The summed E-state index contributed by atoms with van der Waals surface area (Å²) in [5.74, 6) is -0.630. The van der Waals surface area contributed by atoms with E-state index in [9.17, 15) is 13.6 Å². The predicted molar refractivity (Wildman–Crippen MR) is 100 cm³/mol. The fourth-order valence-electron chi connectivity index (χ4n) is 2.62. The lowest BCUT2D eigenvalue weighted by Crippen LogP contribution is -2.13. The van der Waals surface area contributed by atoms with E-state index in [0.717, 1.165) is 12.1 Å². The van der Waals surface area contributed by atoms with Gasteiger partial charge in [-0.15, -0.1) is 5.10 Å². The Bertz CT molecular complexity index is 1010. The molecule has 0 aliphatic carbocycles. The highest BCUT2D eigenvalue weighted by Crippen LogP contribution is 2.26. The van der Waals surface area contributed by atoms with Gasteiger partial charge < -0.3 is 14.8 Å². The predicted octanol–water partition coefficient (Wildman–Crippen LogP) is 3.06. The maximum absolute atomic E-state index is 13.5. The Morgan fingerprint density at radius 3 is 2.66 bits per heavy atom. The molecule has 0 fully saturated rings. The van der Waals surface area contributed by atoms with Crippen LogP contribution in [0.5, 0.6) is 11.5 Å². The second kappa shape index (κ2) is 9.09. The van der Waals surface area contributed by atoms with E-state index in [2.05, 4.69) is 20.8 Å². The number of ether oxygens (including phenoxy) is 2. The van der Waals surface area contributed by atoms with Gasteiger partial charge in [0.05, 0.1) is 13.7 Å². The van der Waals surface area contributed by atoms with E-state index in [1.807, 2.05) is 0 Å². The Morgan fingerprint density at radius 2 is 1.97 bits per heavy atom. The van der Waals surface area contributed by atoms with Gasteiger partial charge in [-0.05, 0) is 54.1 Å². The molecule has 0 bridgehead atoms. The number of halogens is 2. The molecule has 29 heavy (non-hydrogen) atoms. The SMILES string of the molecule is COc1ccc(NC(=O)CCCOc2ccc(F)cc2F)cc1-n1nnnc1C. The molecule has 0 radical (unpaired) electrons. The summed E-state index contributed by atoms with van der Waals surface area (Å²) in [4.78, 5) is 12.2. The summed E-state index contributed by atoms with van der Waals surface area (Å²) < 4.78 is 38.4. The number of tetrazole rings is 1. The second-order valence-corrected chi connectivity index (χ2v) is 6.10. The summed E-state index contributed by atoms with van der Waals surface area (Å²) in [6, 6.07) is 8.17. The highest BCUT2D eigenvalue weighted by molar-refractivity contribution is 5.91. The lowest BCUT2D eigenvalue weighted by atomic mass is 10.2. The van der Waals surface area contributed by atoms with Crippen molar-refractivity contribution in [2.45, 2.75) is 19.8 Å². The van der Waals surface area contributed by atoms with Crippen molar-refractivity contribution in [3.05, 3.63) is 53.9 Å². The molecular formula is C19H19F2N5O3. The van der Waals surface area contributed by atoms with Crippen LogP contribution in [-0.4, -0.2) is 39.8 Å². The molecule has 3 rings (SSSR count). The number of nitrogens with one attached hydrogen (secondary N) is 1. The van der Waals surface area contributed by atoms with Gasteiger partial charge in [-0.1, -0.05) is 0 Å². The number of methoxy groups -OCH3 is 1. The Kier molecular flexibility index (Phi) is 6.32. The molecule has 0 aliphatic rings. The number of carbonyl (C=O) groups excluding carboxylic acids is 1. The molecule has 8 nitrogen and oxygen atoms in total. The summed E-state index contributed by atoms with van der Waals surface area (Å²) in [6.07, 6.45) is 0.520. The summed E-state index contributed by atoms with van der Waals surface area (Å²) in [6.45, 7) is 1.86. The summed E-state index contributed by atoms with van der Waals surface area (Å²) in [7, 11) is 1.53. The molecule has 0 aliphatic heterocycles. The smallest absolute Gasteiger partial charge is 0.224 e. The van der Waals surface area contributed by atoms with Crippen LogP contribution in [0.3, 0.4) is 0 Å². The van der Waals surface area contributed by atoms with Crippen molar-refractivity contribution in [1.29, 1.82) is 0 Å². The lowest BCUT2D eigenvalue weighted by molar-refractivity contribution is -0.116. The van der Waals surface area contributed by atoms with Crippen molar-refractivity contribution in [2.24, 2.45) is 0 Å². The first-order chi connectivity index (χ1) is 14.0. The molecule has 152 valence electrons. The van der Waals surface area contributed by atoms with E-state index in [4.69, 9.17) is 9.47 Å². The standard InChI is InChI=1S/C19H19F2N5O3/c1-12-23-24-25-26(12)16-11-14(6-8-18(16)28-2)22-19(27)4-3-9-29-17-7-5-13(20)10-15(17)21/h5-8,10-11H,3-4,9H2,1-2H3,(H,22,27). The van der Waals surface area contributed by atoms with Gasteiger partial charge in [-0.2, -0.15) is 4.68 Å². The summed E-state index contributed by atoms with van der Waals surface area (Å²) in [5, 5.41) is 14.1. The minimum absolute atomic E-state index is 0.0524. The van der Waals surface area contributed by atoms with Gasteiger partial charge >= 0.3 is 0 Å². The van der Waals surface area contributed by atoms with Crippen molar-refractivity contribution >= 4 is 11.6 Å². The molecule has 1 aromatic heterocycles. The van der Waals surface area contributed by atoms with Gasteiger partial charge in [0.25, 0.3) is 0 Å². The van der Waals surface area contributed by atoms with Crippen LogP contribution in [0.15, 0.2) is 36.4 Å². The number of hydrogen-bond donors (Lipinski definition) is 1. The maximum Gasteiger partial charge on any atom is 0.224 e. The molecular weight excluding hydrogens is 384 g/mol. The zero-order valence-electron chi connectivity index (χ0n) is 15.9. The fourth-order valence-corrected chi connectivity index (χ4v) is 2.62. The third-order valence-corrected chi connectivity index (χ3v) is 4.02. The quantitative estimate of drug-likeness (QED) is 0.582. The van der Waals surface area contributed by atoms with Gasteiger partial charge in [-0.3, -0.25) is 4.79 Å². The van der Waals surface area contributed by atoms with Crippen LogP contribution < -0.4 is 14.8 Å². The van der Waals surface area contributed by atoms with Gasteiger partial charge in [-0.25, -0.2) is 8.78 Å². The summed E-state index contributed by atoms with van der Waals surface area (Å²) in [5.41, 5.74) is 1.13. The number of amides is 1. The van der Waals surface area contributed by atoms with E-state index in [0.29, 0.717) is 29.4 Å². The molecule has 1 heterocycles. The molecule has 0 saturated carbocycles. The third-order valence-electron chi connectivity index (χ3n) is 4.02. The molecule has 0 atom stereocenters. The van der Waals surface area contributed by atoms with Crippen molar-refractivity contribution in [1.82, 2.24) is 20.2 Å². The number of anilines is 1. The van der Waals surface area contributed by atoms with Gasteiger partial charge in [0.15, 0.2) is 17.4 Å². The second-order valence-electron chi connectivity index (χ2n) is 6.10. The Morgan fingerprint density at radius 1 is 1.17 bits per heavy atom. The van der Waals surface area contributed by atoms with Crippen LogP contribution in [0, 0.1) is 18.6 Å². The zero-order chi connectivity index (χ0) is 20.8. The number of aryl methyl sites for hydroxylation is 1. The average Bonchev–Trinajstić information content (AvgIpc) is 3.12. The minimum atomic E-state index is -0.780. The first-order valence-corrected chi connectivity index (χ1v) is 8.79. The molecule has 3 aromatic rings. The van der Waals surface area contributed by atoms with Gasteiger partial charge in [0.1, 0.15) is 17.3 Å². The van der Waals surface area contributed by atoms with Crippen LogP contribution in [0.1, 0.15) is 18.7 Å². The molecule has 0 unspecified atom stereocenters. The molecule has 0 spiro atoms. The lowest BCUT2D eigenvalue weighted by Gasteiger charge is -2.12. The van der Waals surface area contributed by atoms with E-state index in [-0.39, 0.29) is 24.7 Å². The molecule has 1 amide bonds. The van der Waals surface area contributed by atoms with Gasteiger partial charge in [0.2, 0.25) is 5.91 Å². The number of hydrogen-bond acceptors (Lipinski definition) is 6. The van der Waals surface area contributed by atoms with E-state index in [1.165, 1.54) is 17.9 Å². The highest BCUT2D eigenvalue weighted by Gasteiger charge is 2.12. The van der Waals surface area contributed by atoms with Crippen LogP contribution in [0.25, 0.3) is 5.69 Å². The molecule has 10 heteroatoms. The monoisotopic (exact) mass is 403 g/mol. The zero-order valence-corrected chi connectivity index (χ0v) is 15.9. The van der Waals surface area contributed by atoms with Crippen molar-refractivity contribution < 1.29 is 23.0 Å². The number of aromatic nitrogens is 4. The van der Waals surface area contributed by atoms with Crippen LogP contribution >= 0.6 is 0 Å². The number of carbonyl (C=O) groups is 1. The molecule has 0 saturated heterocycles. The van der Waals surface area contributed by atoms with Crippen LogP contribution in [0.4, 0.5) is 14.5 Å². The van der Waals surface area contributed by atoms with E-state index in [1.54, 1.807) is 25.1 Å². The summed E-state index contributed by atoms with van der Waals surface area (Å²) >= 11 is 0. The number of rotatable bonds is 8. The Hall–Kier alpha value is -3.56. The number of nitrogens with zero attached hydrogens (tertiary/aromatic N) is 4. The van der Waals surface area contributed by atoms with E-state index >= 15 is 0 Å². The van der Waals surface area contributed by atoms with E-state index < -0.39 is 11.6 Å². The topological polar surface area (TPSA) is 91.2 Å². The normalized spacial score (nSPS) is 10.6. The third kappa shape index (κ3) is 5.03. The highest BCUT2D eigenvalue weighted by atomic mass is 19.1. The number of benzene rings is 2. The molecule has 2 aromatic carbocycles.